The van der Waals surface area contributed by atoms with Crippen LogP contribution < -0.4 is 21.8 Å². The van der Waals surface area contributed by atoms with Crippen LogP contribution in [0.25, 0.3) is 0 Å². The van der Waals surface area contributed by atoms with Crippen molar-refractivity contribution in [3.05, 3.63) is 53.1 Å². The maximum Gasteiger partial charge on any atom is 0.163 e. The third kappa shape index (κ3) is 6.67. The van der Waals surface area contributed by atoms with Crippen LogP contribution in [0.3, 0.4) is 0 Å². The number of nitrogens with one attached hydrogen (secondary N) is 1. The van der Waals surface area contributed by atoms with Crippen molar-refractivity contribution in [2.24, 2.45) is 16.8 Å². The van der Waals surface area contributed by atoms with Gasteiger partial charge in [-0.25, -0.2) is 5.84 Å². The lowest BCUT2D eigenvalue weighted by molar-refractivity contribution is 0.101. The number of nitrogens with zero attached hydrogens (tertiary/aromatic N) is 1. The summed E-state index contributed by atoms with van der Waals surface area (Å²) in [5.41, 5.74) is 4.60. The van der Waals surface area contributed by atoms with Crippen LogP contribution in [0, 0.1) is 0 Å². The van der Waals surface area contributed by atoms with E-state index in [2.05, 4.69) is 22.7 Å². The first-order chi connectivity index (χ1) is 14.5. The Morgan fingerprint density at radius 3 is 2.57 bits per heavy atom. The minimum absolute atomic E-state index is 0.0454. The number of Topliss-reactive ketones (excluding diaryl/α,β-unsaturated/α-hetero) is 1. The van der Waals surface area contributed by atoms with Gasteiger partial charge in [-0.15, -0.1) is 11.8 Å². The second kappa shape index (κ2) is 12.1. The average molecular weight is 431 g/mol. The van der Waals surface area contributed by atoms with Gasteiger partial charge < -0.3 is 21.1 Å². The lowest BCUT2D eigenvalue weighted by Crippen LogP contribution is -2.32. The van der Waals surface area contributed by atoms with Gasteiger partial charge in [0, 0.05) is 22.6 Å². The molecule has 0 bridgehead atoms. The van der Waals surface area contributed by atoms with Crippen molar-refractivity contribution in [2.45, 2.75) is 44.4 Å². The number of benzene rings is 2. The van der Waals surface area contributed by atoms with Crippen molar-refractivity contribution in [2.75, 3.05) is 12.4 Å². The third-order valence-corrected chi connectivity index (χ3v) is 5.65. The van der Waals surface area contributed by atoms with Crippen molar-refractivity contribution in [3.8, 4) is 11.5 Å². The number of phenols is 1. The second-order valence-electron chi connectivity index (χ2n) is 6.84. The summed E-state index contributed by atoms with van der Waals surface area (Å²) >= 11 is 1.75. The molecular formula is C22H30N4O3S. The van der Waals surface area contributed by atoms with Gasteiger partial charge in [0.15, 0.2) is 5.78 Å². The maximum atomic E-state index is 11.6. The number of nitrogens with two attached hydrogens (primary N) is 2. The van der Waals surface area contributed by atoms with Crippen LogP contribution in [0.1, 0.15) is 48.2 Å². The first-order valence-corrected chi connectivity index (χ1v) is 10.9. The molecule has 162 valence electrons. The highest BCUT2D eigenvalue weighted by Crippen LogP contribution is 2.33. The topological polar surface area (TPSA) is 123 Å². The number of hydrogen-bond acceptors (Lipinski definition) is 7. The van der Waals surface area contributed by atoms with E-state index in [4.69, 9.17) is 16.4 Å². The Kier molecular flexibility index (Phi) is 9.50. The summed E-state index contributed by atoms with van der Waals surface area (Å²) in [5, 5.41) is 14.0. The number of carbonyl (C=O) groups excluding carboxylic acids is 1. The van der Waals surface area contributed by atoms with Crippen LogP contribution in [0.4, 0.5) is 0 Å². The molecule has 2 aromatic rings. The predicted octanol–water partition coefficient (Wildman–Crippen LogP) is 3.39. The van der Waals surface area contributed by atoms with E-state index in [0.29, 0.717) is 42.2 Å². The quantitative estimate of drug-likeness (QED) is 0.0819. The van der Waals surface area contributed by atoms with Crippen LogP contribution in [0.15, 0.2) is 46.4 Å². The Morgan fingerprint density at radius 2 is 1.97 bits per heavy atom. The minimum Gasteiger partial charge on any atom is -0.507 e. The number of thioether (sulfide) groups is 1. The smallest absolute Gasteiger partial charge is 0.163 e. The molecule has 7 nitrogen and oxygen atoms in total. The van der Waals surface area contributed by atoms with Gasteiger partial charge in [0.25, 0.3) is 0 Å². The number of hydrazone groups is 1. The molecule has 30 heavy (non-hydrogen) atoms. The predicted molar refractivity (Wildman–Crippen MR) is 122 cm³/mol. The number of ether oxygens (including phenoxy) is 1. The average Bonchev–Trinajstić information content (AvgIpc) is 2.74. The van der Waals surface area contributed by atoms with E-state index in [9.17, 15) is 9.90 Å². The lowest BCUT2D eigenvalue weighted by atomic mass is 10.0. The molecule has 0 saturated heterocycles. The summed E-state index contributed by atoms with van der Waals surface area (Å²) in [7, 11) is 0. The van der Waals surface area contributed by atoms with E-state index in [1.54, 1.807) is 23.9 Å². The Labute approximate surface area is 181 Å². The molecule has 0 aliphatic rings. The van der Waals surface area contributed by atoms with Crippen LogP contribution >= 0.6 is 11.8 Å². The fraction of sp³-hybridized carbons (Fsp3) is 0.364. The fourth-order valence-corrected chi connectivity index (χ4v) is 3.82. The van der Waals surface area contributed by atoms with Gasteiger partial charge in [0.05, 0.1) is 12.2 Å². The molecule has 2 aromatic carbocycles. The zero-order valence-electron chi connectivity index (χ0n) is 17.5. The Bertz CT molecular complexity index is 869. The fourth-order valence-electron chi connectivity index (χ4n) is 2.99. The highest BCUT2D eigenvalue weighted by atomic mass is 32.2. The number of hydrazine groups is 1. The molecule has 0 spiro atoms. The summed E-state index contributed by atoms with van der Waals surface area (Å²) < 4.78 is 5.90. The molecule has 0 saturated carbocycles. The van der Waals surface area contributed by atoms with Gasteiger partial charge in [-0.1, -0.05) is 25.5 Å². The molecule has 0 aliphatic heterocycles. The summed E-state index contributed by atoms with van der Waals surface area (Å²) in [6.07, 6.45) is 2.94. The van der Waals surface area contributed by atoms with Crippen molar-refractivity contribution >= 4 is 23.4 Å². The molecule has 0 aliphatic carbocycles. The van der Waals surface area contributed by atoms with E-state index in [0.717, 1.165) is 24.2 Å². The highest BCUT2D eigenvalue weighted by Gasteiger charge is 2.15. The number of carbonyl (C=O) groups is 1. The van der Waals surface area contributed by atoms with Crippen molar-refractivity contribution in [1.82, 2.24) is 5.43 Å². The lowest BCUT2D eigenvalue weighted by Gasteiger charge is -2.14. The van der Waals surface area contributed by atoms with Gasteiger partial charge in [0.1, 0.15) is 17.3 Å². The van der Waals surface area contributed by atoms with Crippen LogP contribution in [0.2, 0.25) is 0 Å². The first kappa shape index (κ1) is 23.6. The Morgan fingerprint density at radius 1 is 1.23 bits per heavy atom. The van der Waals surface area contributed by atoms with Crippen molar-refractivity contribution in [3.63, 3.8) is 0 Å². The number of amidine groups is 1. The summed E-state index contributed by atoms with van der Waals surface area (Å²) in [6.45, 7) is 4.02. The summed E-state index contributed by atoms with van der Waals surface area (Å²) in [5.74, 6) is 12.6. The molecule has 0 fully saturated rings. The normalized spacial score (nSPS) is 11.4. The van der Waals surface area contributed by atoms with E-state index < -0.39 is 0 Å². The van der Waals surface area contributed by atoms with Crippen molar-refractivity contribution in [1.29, 1.82) is 0 Å². The maximum absolute atomic E-state index is 11.6. The Balaban J connectivity index is 1.84. The van der Waals surface area contributed by atoms with Gasteiger partial charge in [-0.05, 0) is 49.6 Å². The standard InChI is InChI=1S/C22H30N4O3S/c1-3-5-19-20(11-10-18(15(2)27)22(19)28)29-12-4-13-30-17-8-6-16(7-9-17)14-21(25-23)26-24/h6-11,28H,3-5,12-14,23-24H2,1-2H3,(H,25,26). The molecule has 2 rings (SSSR count). The number of ketones is 1. The minimum atomic E-state index is -0.148. The molecule has 0 radical (unpaired) electrons. The van der Waals surface area contributed by atoms with E-state index in [-0.39, 0.29) is 11.5 Å². The number of hydrogen-bond donors (Lipinski definition) is 4. The molecule has 0 unspecified atom stereocenters. The monoisotopic (exact) mass is 430 g/mol. The Hall–Kier alpha value is -2.71. The molecule has 0 heterocycles. The molecule has 0 amide bonds. The van der Waals surface area contributed by atoms with Gasteiger partial charge in [-0.3, -0.25) is 4.79 Å². The number of rotatable bonds is 11. The summed E-state index contributed by atoms with van der Waals surface area (Å²) in [4.78, 5) is 12.8. The van der Waals surface area contributed by atoms with E-state index in [1.807, 2.05) is 19.1 Å². The van der Waals surface area contributed by atoms with E-state index in [1.165, 1.54) is 11.8 Å². The molecular weight excluding hydrogens is 400 g/mol. The van der Waals surface area contributed by atoms with Gasteiger partial charge in [-0.2, -0.15) is 5.10 Å². The molecule has 6 N–H and O–H groups in total. The largest absolute Gasteiger partial charge is 0.507 e. The first-order valence-electron chi connectivity index (χ1n) is 9.93. The van der Waals surface area contributed by atoms with Crippen LogP contribution in [-0.4, -0.2) is 29.1 Å². The zero-order valence-corrected chi connectivity index (χ0v) is 18.3. The number of aromatic hydroxyl groups is 1. The number of phenolic OH excluding ortho intramolecular Hbond substituents is 1. The second-order valence-corrected chi connectivity index (χ2v) is 8.00. The molecule has 8 heteroatoms. The zero-order chi connectivity index (χ0) is 21.9. The van der Waals surface area contributed by atoms with Gasteiger partial charge >= 0.3 is 0 Å². The van der Waals surface area contributed by atoms with Crippen LogP contribution in [0.5, 0.6) is 11.5 Å². The van der Waals surface area contributed by atoms with E-state index >= 15 is 0 Å². The summed E-state index contributed by atoms with van der Waals surface area (Å²) in [6, 6.07) is 11.6. The highest BCUT2D eigenvalue weighted by molar-refractivity contribution is 7.99. The SMILES string of the molecule is CCCc1c(OCCCSc2ccc(C/C(=N/N)NN)cc2)ccc(C(C)=O)c1O. The third-order valence-electron chi connectivity index (χ3n) is 4.55. The molecule has 0 aromatic heterocycles. The molecule has 0 atom stereocenters. The van der Waals surface area contributed by atoms with Gasteiger partial charge in [0.2, 0.25) is 0 Å². The van der Waals surface area contributed by atoms with Crippen LogP contribution in [-0.2, 0) is 12.8 Å². The van der Waals surface area contributed by atoms with Crippen molar-refractivity contribution < 1.29 is 14.6 Å².